The summed E-state index contributed by atoms with van der Waals surface area (Å²) in [5.74, 6) is -0.765. The summed E-state index contributed by atoms with van der Waals surface area (Å²) in [6, 6.07) is 5.70. The summed E-state index contributed by atoms with van der Waals surface area (Å²) in [6.45, 7) is 3.97. The lowest BCUT2D eigenvalue weighted by Crippen LogP contribution is -2.59. The number of rotatable bonds is 4. The van der Waals surface area contributed by atoms with Crippen LogP contribution in [-0.2, 0) is 27.4 Å². The van der Waals surface area contributed by atoms with E-state index >= 15 is 0 Å². The molecule has 1 spiro atoms. The first-order chi connectivity index (χ1) is 15.1. The Bertz CT molecular complexity index is 887. The zero-order valence-corrected chi connectivity index (χ0v) is 17.7. The van der Waals surface area contributed by atoms with Crippen molar-refractivity contribution in [2.45, 2.75) is 69.3 Å². The molecule has 8 nitrogen and oxygen atoms in total. The second kappa shape index (κ2) is 8.33. The van der Waals surface area contributed by atoms with Crippen LogP contribution in [0, 0.1) is 0 Å². The fraction of sp³-hybridized carbons (Fsp3) is 0.609. The van der Waals surface area contributed by atoms with Crippen molar-refractivity contribution in [3.8, 4) is 0 Å². The van der Waals surface area contributed by atoms with Crippen molar-refractivity contribution in [1.82, 2.24) is 20.9 Å². The lowest BCUT2D eigenvalue weighted by atomic mass is 9.80. The Morgan fingerprint density at radius 3 is 2.81 bits per heavy atom. The van der Waals surface area contributed by atoms with Gasteiger partial charge < -0.3 is 20.3 Å². The summed E-state index contributed by atoms with van der Waals surface area (Å²) in [4.78, 5) is 38.1. The molecule has 3 fully saturated rings. The molecule has 4 aliphatic rings. The van der Waals surface area contributed by atoms with Gasteiger partial charge in [-0.3, -0.25) is 19.7 Å². The third-order valence-corrected chi connectivity index (χ3v) is 7.25. The van der Waals surface area contributed by atoms with Gasteiger partial charge >= 0.3 is 0 Å². The van der Waals surface area contributed by atoms with E-state index in [0.29, 0.717) is 24.6 Å². The third-order valence-electron chi connectivity index (χ3n) is 7.25. The van der Waals surface area contributed by atoms with Gasteiger partial charge in [-0.15, -0.1) is 0 Å². The third kappa shape index (κ3) is 3.88. The zero-order chi connectivity index (χ0) is 21.4. The van der Waals surface area contributed by atoms with Crippen LogP contribution >= 0.6 is 0 Å². The summed E-state index contributed by atoms with van der Waals surface area (Å²) in [6.07, 6.45) is 4.91. The van der Waals surface area contributed by atoms with Crippen LogP contribution in [0.5, 0.6) is 0 Å². The van der Waals surface area contributed by atoms with E-state index in [-0.39, 0.29) is 29.7 Å². The Kier molecular flexibility index (Phi) is 5.54. The second-order valence-electron chi connectivity index (χ2n) is 9.13. The summed E-state index contributed by atoms with van der Waals surface area (Å²) < 4.78 is 6.28. The molecule has 0 bridgehead atoms. The van der Waals surface area contributed by atoms with E-state index in [1.54, 1.807) is 4.90 Å². The fourth-order valence-electron chi connectivity index (χ4n) is 5.54. The summed E-state index contributed by atoms with van der Waals surface area (Å²) in [5.41, 5.74) is 2.67. The molecule has 1 aromatic carbocycles. The molecule has 3 amide bonds. The zero-order valence-electron chi connectivity index (χ0n) is 17.7. The van der Waals surface area contributed by atoms with Gasteiger partial charge in [0.05, 0.1) is 5.60 Å². The maximum Gasteiger partial charge on any atom is 0.255 e. The highest BCUT2D eigenvalue weighted by atomic mass is 16.5. The number of nitrogens with zero attached hydrogens (tertiary/aromatic N) is 1. The number of amides is 3. The quantitative estimate of drug-likeness (QED) is 0.617. The van der Waals surface area contributed by atoms with E-state index in [9.17, 15) is 14.4 Å². The Balaban J connectivity index is 1.26. The van der Waals surface area contributed by atoms with Gasteiger partial charge in [0, 0.05) is 37.7 Å². The lowest BCUT2D eigenvalue weighted by Gasteiger charge is -2.47. The molecular formula is C23H30N4O4. The minimum Gasteiger partial charge on any atom is -0.373 e. The van der Waals surface area contributed by atoms with Crippen LogP contribution in [0.2, 0.25) is 0 Å². The molecule has 0 aliphatic carbocycles. The van der Waals surface area contributed by atoms with E-state index in [1.807, 2.05) is 12.1 Å². The molecule has 2 unspecified atom stereocenters. The first kappa shape index (κ1) is 20.6. The molecule has 2 atom stereocenters. The predicted octanol–water partition coefficient (Wildman–Crippen LogP) is 0.838. The van der Waals surface area contributed by atoms with Crippen molar-refractivity contribution in [3.05, 3.63) is 34.9 Å². The van der Waals surface area contributed by atoms with Crippen LogP contribution in [0.25, 0.3) is 0 Å². The highest BCUT2D eigenvalue weighted by molar-refractivity contribution is 6.05. The van der Waals surface area contributed by atoms with E-state index in [1.165, 1.54) is 0 Å². The van der Waals surface area contributed by atoms with Gasteiger partial charge in [0.1, 0.15) is 6.04 Å². The minimum atomic E-state index is -0.571. The normalized spacial score (nSPS) is 28.0. The summed E-state index contributed by atoms with van der Waals surface area (Å²) in [7, 11) is 0. The van der Waals surface area contributed by atoms with Gasteiger partial charge in [-0.25, -0.2) is 0 Å². The number of imide groups is 1. The van der Waals surface area contributed by atoms with Crippen molar-refractivity contribution >= 4 is 17.7 Å². The SMILES string of the molecule is O=C1CCC(N2Cc3cc(CNC4CCCOC45CCNCC5)ccc3C2=O)C(=O)N1. The number of piperidine rings is 2. The standard InChI is InChI=1S/C23H30N4O4/c28-20-6-5-18(21(29)26-20)27-14-16-12-15(3-4-17(16)22(27)30)13-25-19-2-1-11-31-23(19)7-9-24-10-8-23/h3-4,12,18-19,24-25H,1-2,5-11,13-14H2,(H,26,28,29). The number of carbonyl (C=O) groups excluding carboxylic acids is 3. The average Bonchev–Trinajstić information content (AvgIpc) is 3.09. The second-order valence-corrected chi connectivity index (χ2v) is 9.13. The smallest absolute Gasteiger partial charge is 0.255 e. The molecule has 1 aromatic rings. The molecule has 5 rings (SSSR count). The fourth-order valence-corrected chi connectivity index (χ4v) is 5.54. The van der Waals surface area contributed by atoms with Gasteiger partial charge in [-0.1, -0.05) is 12.1 Å². The molecule has 31 heavy (non-hydrogen) atoms. The Hall–Kier alpha value is -2.29. The number of fused-ring (bicyclic) bond motifs is 1. The number of hydrogen-bond donors (Lipinski definition) is 3. The van der Waals surface area contributed by atoms with E-state index in [0.717, 1.165) is 63.1 Å². The van der Waals surface area contributed by atoms with Gasteiger partial charge in [-0.2, -0.15) is 0 Å². The van der Waals surface area contributed by atoms with Crippen molar-refractivity contribution in [3.63, 3.8) is 0 Å². The van der Waals surface area contributed by atoms with E-state index < -0.39 is 6.04 Å². The van der Waals surface area contributed by atoms with Crippen LogP contribution in [0.15, 0.2) is 18.2 Å². The molecule has 0 radical (unpaired) electrons. The molecule has 4 heterocycles. The largest absolute Gasteiger partial charge is 0.373 e. The number of carbonyl (C=O) groups is 3. The molecule has 0 saturated carbocycles. The average molecular weight is 427 g/mol. The van der Waals surface area contributed by atoms with Crippen LogP contribution in [0.4, 0.5) is 0 Å². The molecule has 4 aliphatic heterocycles. The highest BCUT2D eigenvalue weighted by Gasteiger charge is 2.43. The van der Waals surface area contributed by atoms with Gasteiger partial charge in [0.2, 0.25) is 11.8 Å². The molecular weight excluding hydrogens is 396 g/mol. The maximum atomic E-state index is 12.9. The number of nitrogens with one attached hydrogen (secondary N) is 3. The molecule has 3 N–H and O–H groups in total. The minimum absolute atomic E-state index is 0.0707. The first-order valence-electron chi connectivity index (χ1n) is 11.4. The Morgan fingerprint density at radius 2 is 2.00 bits per heavy atom. The van der Waals surface area contributed by atoms with Gasteiger partial charge in [0.15, 0.2) is 0 Å². The lowest BCUT2D eigenvalue weighted by molar-refractivity contribution is -0.136. The monoisotopic (exact) mass is 426 g/mol. The van der Waals surface area contributed by atoms with Crippen molar-refractivity contribution in [2.24, 2.45) is 0 Å². The van der Waals surface area contributed by atoms with Crippen LogP contribution in [-0.4, -0.2) is 60.0 Å². The number of benzene rings is 1. The maximum absolute atomic E-state index is 12.9. The van der Waals surface area contributed by atoms with Crippen LogP contribution in [0.1, 0.15) is 60.0 Å². The number of hydrogen-bond acceptors (Lipinski definition) is 6. The molecule has 0 aromatic heterocycles. The highest BCUT2D eigenvalue weighted by Crippen LogP contribution is 2.34. The van der Waals surface area contributed by atoms with E-state index in [4.69, 9.17) is 4.74 Å². The van der Waals surface area contributed by atoms with E-state index in [2.05, 4.69) is 22.0 Å². The van der Waals surface area contributed by atoms with Gasteiger partial charge in [0.25, 0.3) is 5.91 Å². The van der Waals surface area contributed by atoms with Crippen molar-refractivity contribution in [2.75, 3.05) is 19.7 Å². The summed E-state index contributed by atoms with van der Waals surface area (Å²) >= 11 is 0. The molecule has 8 heteroatoms. The number of ether oxygens (including phenoxy) is 1. The summed E-state index contributed by atoms with van der Waals surface area (Å²) in [5, 5.41) is 9.51. The van der Waals surface area contributed by atoms with Crippen LogP contribution in [0.3, 0.4) is 0 Å². The van der Waals surface area contributed by atoms with Crippen molar-refractivity contribution in [1.29, 1.82) is 0 Å². The Labute approximate surface area is 182 Å². The molecule has 166 valence electrons. The topological polar surface area (TPSA) is 99.8 Å². The molecule has 3 saturated heterocycles. The van der Waals surface area contributed by atoms with Crippen molar-refractivity contribution < 1.29 is 19.1 Å². The Morgan fingerprint density at radius 1 is 1.16 bits per heavy atom. The first-order valence-corrected chi connectivity index (χ1v) is 11.4. The van der Waals surface area contributed by atoms with Gasteiger partial charge in [-0.05, 0) is 62.4 Å². The predicted molar refractivity (Wildman–Crippen MR) is 113 cm³/mol. The van der Waals surface area contributed by atoms with Crippen LogP contribution < -0.4 is 16.0 Å².